The lowest BCUT2D eigenvalue weighted by atomic mass is 10.1. The molecule has 0 heterocycles. The average molecular weight is 116 g/mol. The molecule has 0 unspecified atom stereocenters. The molecule has 2 atom stereocenters. The van der Waals surface area contributed by atoms with E-state index in [-0.39, 0.29) is 0 Å². The fraction of sp³-hybridized carbons (Fsp3) is 0.667. The van der Waals surface area contributed by atoms with Crippen LogP contribution < -0.4 is 0 Å². The summed E-state index contributed by atoms with van der Waals surface area (Å²) in [5.41, 5.74) is 0. The number of thiol groups is 1. The van der Waals surface area contributed by atoms with Crippen molar-refractivity contribution in [3.05, 3.63) is 12.7 Å². The molecule has 0 fully saturated rings. The summed E-state index contributed by atoms with van der Waals surface area (Å²) < 4.78 is 0. The lowest BCUT2D eigenvalue weighted by Gasteiger charge is -2.06. The molecule has 0 aliphatic heterocycles. The summed E-state index contributed by atoms with van der Waals surface area (Å²) in [7, 11) is 0. The maximum absolute atomic E-state index is 4.20. The van der Waals surface area contributed by atoms with Crippen molar-refractivity contribution in [3.63, 3.8) is 0 Å². The second-order valence-corrected chi connectivity index (χ2v) is 2.65. The van der Waals surface area contributed by atoms with Crippen LogP contribution in [0.5, 0.6) is 0 Å². The van der Waals surface area contributed by atoms with Crippen molar-refractivity contribution in [2.45, 2.75) is 19.1 Å². The summed E-state index contributed by atoms with van der Waals surface area (Å²) in [5, 5.41) is 0.442. The normalized spacial score (nSPS) is 18.1. The average Bonchev–Trinajstić information content (AvgIpc) is 1.65. The largest absolute Gasteiger partial charge is 0.176 e. The van der Waals surface area contributed by atoms with Crippen LogP contribution in [0.2, 0.25) is 0 Å². The third-order valence-electron chi connectivity index (χ3n) is 1.13. The zero-order valence-corrected chi connectivity index (χ0v) is 5.78. The van der Waals surface area contributed by atoms with Crippen LogP contribution in [0.3, 0.4) is 0 Å². The third-order valence-corrected chi connectivity index (χ3v) is 1.60. The van der Waals surface area contributed by atoms with Gasteiger partial charge in [-0.15, -0.1) is 6.58 Å². The first kappa shape index (κ1) is 7.09. The van der Waals surface area contributed by atoms with E-state index < -0.39 is 0 Å². The topological polar surface area (TPSA) is 0 Å². The molecule has 0 radical (unpaired) electrons. The molecule has 0 rings (SSSR count). The van der Waals surface area contributed by atoms with E-state index in [0.717, 1.165) is 0 Å². The van der Waals surface area contributed by atoms with Crippen LogP contribution in [0.4, 0.5) is 0 Å². The van der Waals surface area contributed by atoms with E-state index in [4.69, 9.17) is 0 Å². The molecule has 0 amide bonds. The highest BCUT2D eigenvalue weighted by Gasteiger charge is 1.99. The minimum absolute atomic E-state index is 0.442. The minimum Gasteiger partial charge on any atom is -0.176 e. The van der Waals surface area contributed by atoms with Gasteiger partial charge in [0.25, 0.3) is 0 Å². The monoisotopic (exact) mass is 116 g/mol. The van der Waals surface area contributed by atoms with Crippen LogP contribution >= 0.6 is 12.6 Å². The van der Waals surface area contributed by atoms with E-state index in [1.807, 2.05) is 6.08 Å². The predicted octanol–water partition coefficient (Wildman–Crippen LogP) is 2.13. The van der Waals surface area contributed by atoms with Crippen LogP contribution in [0.1, 0.15) is 13.8 Å². The first-order chi connectivity index (χ1) is 3.18. The molecule has 0 saturated carbocycles. The Balaban J connectivity index is 3.33. The quantitative estimate of drug-likeness (QED) is 0.414. The van der Waals surface area contributed by atoms with Gasteiger partial charge in [0.1, 0.15) is 0 Å². The standard InChI is InChI=1S/C6H12S/c1-4-5(2)6(3)7/h4-7H,1H2,2-3H3/t5-,6+/m1/s1. The Morgan fingerprint density at radius 1 is 1.57 bits per heavy atom. The zero-order valence-electron chi connectivity index (χ0n) is 4.89. The molecule has 0 bridgehead atoms. The molecule has 0 saturated heterocycles. The van der Waals surface area contributed by atoms with E-state index in [1.54, 1.807) is 0 Å². The van der Waals surface area contributed by atoms with Gasteiger partial charge in [-0.05, 0) is 5.92 Å². The Morgan fingerprint density at radius 3 is 2.00 bits per heavy atom. The van der Waals surface area contributed by atoms with Gasteiger partial charge in [0.15, 0.2) is 0 Å². The molecule has 0 aromatic carbocycles. The molecule has 0 aliphatic carbocycles. The highest BCUT2D eigenvalue weighted by molar-refractivity contribution is 7.80. The number of rotatable bonds is 2. The van der Waals surface area contributed by atoms with Crippen molar-refractivity contribution in [2.75, 3.05) is 0 Å². The van der Waals surface area contributed by atoms with Crippen molar-refractivity contribution in [1.82, 2.24) is 0 Å². The van der Waals surface area contributed by atoms with Gasteiger partial charge in [-0.3, -0.25) is 0 Å². The summed E-state index contributed by atoms with van der Waals surface area (Å²) in [6.45, 7) is 7.80. The van der Waals surface area contributed by atoms with Gasteiger partial charge in [-0.2, -0.15) is 12.6 Å². The van der Waals surface area contributed by atoms with Gasteiger partial charge in [0.05, 0.1) is 0 Å². The van der Waals surface area contributed by atoms with Gasteiger partial charge in [0.2, 0.25) is 0 Å². The molecular weight excluding hydrogens is 104 g/mol. The van der Waals surface area contributed by atoms with Crippen LogP contribution in [-0.4, -0.2) is 5.25 Å². The predicted molar refractivity (Wildman–Crippen MR) is 37.8 cm³/mol. The maximum atomic E-state index is 4.20. The molecule has 42 valence electrons. The fourth-order valence-corrected chi connectivity index (χ4v) is 0.319. The molecule has 0 spiro atoms. The van der Waals surface area contributed by atoms with Crippen molar-refractivity contribution in [2.24, 2.45) is 5.92 Å². The van der Waals surface area contributed by atoms with E-state index in [9.17, 15) is 0 Å². The summed E-state index contributed by atoms with van der Waals surface area (Å²) >= 11 is 4.20. The molecule has 0 aliphatic rings. The first-order valence-corrected chi connectivity index (χ1v) is 3.00. The third kappa shape index (κ3) is 2.75. The Labute approximate surface area is 51.0 Å². The SMILES string of the molecule is C=C[C@@H](C)[C@H](C)S. The van der Waals surface area contributed by atoms with E-state index >= 15 is 0 Å². The van der Waals surface area contributed by atoms with Gasteiger partial charge in [-0.1, -0.05) is 19.9 Å². The van der Waals surface area contributed by atoms with Gasteiger partial charge >= 0.3 is 0 Å². The number of allylic oxidation sites excluding steroid dienone is 1. The van der Waals surface area contributed by atoms with Crippen molar-refractivity contribution < 1.29 is 0 Å². The van der Waals surface area contributed by atoms with Crippen molar-refractivity contribution in [1.29, 1.82) is 0 Å². The summed E-state index contributed by atoms with van der Waals surface area (Å²) in [6.07, 6.45) is 1.91. The molecule has 0 N–H and O–H groups in total. The summed E-state index contributed by atoms with van der Waals surface area (Å²) in [5.74, 6) is 0.531. The lowest BCUT2D eigenvalue weighted by molar-refractivity contribution is 0.722. The molecule has 0 nitrogen and oxygen atoms in total. The van der Waals surface area contributed by atoms with Gasteiger partial charge < -0.3 is 0 Å². The molecule has 1 heteroatoms. The molecule has 0 aromatic heterocycles. The maximum Gasteiger partial charge on any atom is 0.00485 e. The van der Waals surface area contributed by atoms with Gasteiger partial charge in [-0.25, -0.2) is 0 Å². The Kier molecular flexibility index (Phi) is 3.18. The van der Waals surface area contributed by atoms with Crippen LogP contribution in [0, 0.1) is 5.92 Å². The summed E-state index contributed by atoms with van der Waals surface area (Å²) in [4.78, 5) is 0. The highest BCUT2D eigenvalue weighted by atomic mass is 32.1. The Hall–Kier alpha value is 0.0900. The van der Waals surface area contributed by atoms with Gasteiger partial charge in [0, 0.05) is 5.25 Å². The molecule has 7 heavy (non-hydrogen) atoms. The van der Waals surface area contributed by atoms with E-state index in [0.29, 0.717) is 11.2 Å². The number of hydrogen-bond acceptors (Lipinski definition) is 1. The second kappa shape index (κ2) is 3.14. The fourth-order valence-electron chi connectivity index (χ4n) is 0.197. The lowest BCUT2D eigenvalue weighted by Crippen LogP contribution is -2.01. The second-order valence-electron chi connectivity index (χ2n) is 1.84. The zero-order chi connectivity index (χ0) is 5.86. The van der Waals surface area contributed by atoms with Crippen LogP contribution in [-0.2, 0) is 0 Å². The molecular formula is C6H12S. The van der Waals surface area contributed by atoms with Crippen LogP contribution in [0.15, 0.2) is 12.7 Å². The van der Waals surface area contributed by atoms with Crippen LogP contribution in [0.25, 0.3) is 0 Å². The Bertz CT molecular complexity index is 57.2. The van der Waals surface area contributed by atoms with E-state index in [1.165, 1.54) is 0 Å². The highest BCUT2D eigenvalue weighted by Crippen LogP contribution is 2.07. The molecule has 0 aromatic rings. The van der Waals surface area contributed by atoms with Crippen molar-refractivity contribution >= 4 is 12.6 Å². The van der Waals surface area contributed by atoms with Crippen molar-refractivity contribution in [3.8, 4) is 0 Å². The first-order valence-electron chi connectivity index (χ1n) is 2.49. The Morgan fingerprint density at radius 2 is 2.00 bits per heavy atom. The minimum atomic E-state index is 0.442. The smallest absolute Gasteiger partial charge is 0.00485 e. The summed E-state index contributed by atoms with van der Waals surface area (Å²) in [6, 6.07) is 0. The van der Waals surface area contributed by atoms with E-state index in [2.05, 4.69) is 33.1 Å². The number of hydrogen-bond donors (Lipinski definition) is 1.